The van der Waals surface area contributed by atoms with Gasteiger partial charge in [0.25, 0.3) is 0 Å². The smallest absolute Gasteiger partial charge is 0.350 e. The van der Waals surface area contributed by atoms with Crippen LogP contribution < -0.4 is 5.73 Å². The highest BCUT2D eigenvalue weighted by Crippen LogP contribution is 2.34. The molecule has 0 spiro atoms. The number of ether oxygens (including phenoxy) is 1. The summed E-state index contributed by atoms with van der Waals surface area (Å²) < 4.78 is 17.8. The summed E-state index contributed by atoms with van der Waals surface area (Å²) in [6.45, 7) is 1.69. The Labute approximate surface area is 108 Å². The van der Waals surface area contributed by atoms with Crippen LogP contribution in [0.25, 0.3) is 10.4 Å². The topological polar surface area (TPSA) is 52.3 Å². The van der Waals surface area contributed by atoms with Gasteiger partial charge >= 0.3 is 5.97 Å². The second kappa shape index (κ2) is 4.78. The van der Waals surface area contributed by atoms with Crippen molar-refractivity contribution in [3.05, 3.63) is 40.5 Å². The van der Waals surface area contributed by atoms with Gasteiger partial charge in [-0.2, -0.15) is 0 Å². The number of methoxy groups -OCH3 is 1. The molecule has 5 heteroatoms. The van der Waals surface area contributed by atoms with Crippen LogP contribution in [0, 0.1) is 12.7 Å². The van der Waals surface area contributed by atoms with E-state index < -0.39 is 5.97 Å². The lowest BCUT2D eigenvalue weighted by Gasteiger charge is -2.00. The van der Waals surface area contributed by atoms with Crippen molar-refractivity contribution in [2.45, 2.75) is 6.92 Å². The molecule has 0 unspecified atom stereocenters. The Morgan fingerprint density at radius 3 is 2.72 bits per heavy atom. The van der Waals surface area contributed by atoms with Gasteiger partial charge in [-0.1, -0.05) is 6.07 Å². The monoisotopic (exact) mass is 265 g/mol. The summed E-state index contributed by atoms with van der Waals surface area (Å²) in [4.78, 5) is 12.6. The molecule has 0 bridgehead atoms. The van der Waals surface area contributed by atoms with Gasteiger partial charge in [0.05, 0.1) is 12.8 Å². The summed E-state index contributed by atoms with van der Waals surface area (Å²) in [5.41, 5.74) is 7.53. The number of nitrogens with two attached hydrogens (primary N) is 1. The van der Waals surface area contributed by atoms with Crippen molar-refractivity contribution in [1.82, 2.24) is 0 Å². The molecule has 2 rings (SSSR count). The van der Waals surface area contributed by atoms with E-state index in [-0.39, 0.29) is 5.82 Å². The molecule has 0 saturated carbocycles. The molecule has 94 valence electrons. The number of halogens is 1. The molecule has 0 saturated heterocycles. The number of carbonyl (C=O) groups excluding carboxylic acids is 1. The highest BCUT2D eigenvalue weighted by atomic mass is 32.1. The Bertz CT molecular complexity index is 607. The van der Waals surface area contributed by atoms with Crippen molar-refractivity contribution in [2.24, 2.45) is 0 Å². The summed E-state index contributed by atoms with van der Waals surface area (Å²) >= 11 is 1.24. The van der Waals surface area contributed by atoms with Crippen LogP contribution >= 0.6 is 11.3 Å². The average Bonchev–Trinajstić information content (AvgIpc) is 2.74. The summed E-state index contributed by atoms with van der Waals surface area (Å²) in [6.07, 6.45) is 0. The largest absolute Gasteiger partial charge is 0.465 e. The molecule has 0 amide bonds. The van der Waals surface area contributed by atoms with Gasteiger partial charge in [0.1, 0.15) is 10.7 Å². The van der Waals surface area contributed by atoms with Crippen LogP contribution in [0.15, 0.2) is 24.3 Å². The predicted octanol–water partition coefficient (Wildman–Crippen LogP) is 3.23. The summed E-state index contributed by atoms with van der Waals surface area (Å²) in [7, 11) is 1.31. The Hall–Kier alpha value is -1.88. The number of anilines is 1. The van der Waals surface area contributed by atoms with Crippen LogP contribution in [0.5, 0.6) is 0 Å². The third kappa shape index (κ3) is 2.22. The van der Waals surface area contributed by atoms with E-state index in [4.69, 9.17) is 5.73 Å². The van der Waals surface area contributed by atoms with Gasteiger partial charge in [-0.05, 0) is 36.2 Å². The third-order valence-electron chi connectivity index (χ3n) is 2.57. The number of thiophene rings is 1. The van der Waals surface area contributed by atoms with Crippen LogP contribution in [0.2, 0.25) is 0 Å². The van der Waals surface area contributed by atoms with Crippen LogP contribution in [0.1, 0.15) is 15.2 Å². The van der Waals surface area contributed by atoms with E-state index in [1.54, 1.807) is 25.1 Å². The second-order valence-electron chi connectivity index (χ2n) is 3.85. The second-order valence-corrected chi connectivity index (χ2v) is 4.90. The Balaban J connectivity index is 2.45. The van der Waals surface area contributed by atoms with Crippen molar-refractivity contribution in [2.75, 3.05) is 12.8 Å². The van der Waals surface area contributed by atoms with E-state index in [0.717, 1.165) is 10.4 Å². The lowest BCUT2D eigenvalue weighted by atomic mass is 10.1. The predicted molar refractivity (Wildman–Crippen MR) is 70.2 cm³/mol. The molecule has 2 aromatic rings. The maximum absolute atomic E-state index is 13.2. The normalized spacial score (nSPS) is 10.4. The summed E-state index contributed by atoms with van der Waals surface area (Å²) in [5.74, 6) is -0.709. The quantitative estimate of drug-likeness (QED) is 0.848. The van der Waals surface area contributed by atoms with E-state index in [0.29, 0.717) is 16.1 Å². The van der Waals surface area contributed by atoms with Crippen molar-refractivity contribution in [3.8, 4) is 10.4 Å². The molecule has 2 N–H and O–H groups in total. The minimum absolute atomic E-state index is 0.253. The van der Waals surface area contributed by atoms with Gasteiger partial charge in [0, 0.05) is 4.88 Å². The first-order valence-corrected chi connectivity index (χ1v) is 6.08. The van der Waals surface area contributed by atoms with Crippen LogP contribution in [-0.2, 0) is 4.74 Å². The highest BCUT2D eigenvalue weighted by Gasteiger charge is 2.15. The Morgan fingerprint density at radius 1 is 1.39 bits per heavy atom. The van der Waals surface area contributed by atoms with Gasteiger partial charge in [-0.15, -0.1) is 11.3 Å². The van der Waals surface area contributed by atoms with Crippen LogP contribution in [0.4, 0.5) is 10.1 Å². The number of benzene rings is 1. The number of nitrogen functional groups attached to an aromatic ring is 1. The molecule has 1 aromatic heterocycles. The lowest BCUT2D eigenvalue weighted by Crippen LogP contribution is -2.00. The summed E-state index contributed by atoms with van der Waals surface area (Å²) in [6, 6.07) is 6.48. The van der Waals surface area contributed by atoms with Gasteiger partial charge in [0.2, 0.25) is 0 Å². The van der Waals surface area contributed by atoms with Crippen molar-refractivity contribution in [1.29, 1.82) is 0 Å². The zero-order valence-electron chi connectivity index (χ0n) is 9.99. The molecule has 0 atom stereocenters. The Morgan fingerprint density at radius 2 is 2.11 bits per heavy atom. The van der Waals surface area contributed by atoms with Crippen molar-refractivity contribution >= 4 is 23.0 Å². The minimum Gasteiger partial charge on any atom is -0.465 e. The molecular formula is C13H12FNO2S. The fourth-order valence-electron chi connectivity index (χ4n) is 1.60. The first-order valence-electron chi connectivity index (χ1n) is 5.27. The fourth-order valence-corrected chi connectivity index (χ4v) is 2.59. The first-order chi connectivity index (χ1) is 8.52. The molecule has 0 aliphatic heterocycles. The molecule has 3 nitrogen and oxygen atoms in total. The van der Waals surface area contributed by atoms with E-state index in [1.807, 2.05) is 0 Å². The van der Waals surface area contributed by atoms with E-state index in [9.17, 15) is 9.18 Å². The number of aryl methyl sites for hydroxylation is 1. The van der Waals surface area contributed by atoms with Crippen molar-refractivity contribution < 1.29 is 13.9 Å². The summed E-state index contributed by atoms with van der Waals surface area (Å²) in [5, 5.41) is 0. The maximum atomic E-state index is 13.2. The van der Waals surface area contributed by atoms with Gasteiger partial charge in [-0.25, -0.2) is 9.18 Å². The molecule has 18 heavy (non-hydrogen) atoms. The van der Waals surface area contributed by atoms with Gasteiger partial charge in [-0.3, -0.25) is 0 Å². The molecule has 0 radical (unpaired) electrons. The molecule has 1 heterocycles. The number of hydrogen-bond donors (Lipinski definition) is 1. The van der Waals surface area contributed by atoms with E-state index >= 15 is 0 Å². The third-order valence-corrected chi connectivity index (χ3v) is 3.75. The standard InChI is InChI=1S/C13H12FNO2S/c1-7-5-8(3-4-9(7)14)11-6-10(15)12(18-11)13(16)17-2/h3-6H,15H2,1-2H3. The lowest BCUT2D eigenvalue weighted by molar-refractivity contribution is 0.0607. The average molecular weight is 265 g/mol. The molecule has 0 fully saturated rings. The molecular weight excluding hydrogens is 253 g/mol. The zero-order valence-corrected chi connectivity index (χ0v) is 10.8. The SMILES string of the molecule is COC(=O)c1sc(-c2ccc(F)c(C)c2)cc1N. The number of esters is 1. The van der Waals surface area contributed by atoms with Crippen LogP contribution in [0.3, 0.4) is 0 Å². The number of hydrogen-bond acceptors (Lipinski definition) is 4. The molecule has 1 aromatic carbocycles. The zero-order chi connectivity index (χ0) is 13.3. The number of rotatable bonds is 2. The minimum atomic E-state index is -0.456. The number of carbonyl (C=O) groups is 1. The van der Waals surface area contributed by atoms with E-state index in [1.165, 1.54) is 24.5 Å². The highest BCUT2D eigenvalue weighted by molar-refractivity contribution is 7.18. The van der Waals surface area contributed by atoms with Crippen molar-refractivity contribution in [3.63, 3.8) is 0 Å². The molecule has 0 aliphatic carbocycles. The molecule has 0 aliphatic rings. The van der Waals surface area contributed by atoms with E-state index in [2.05, 4.69) is 4.74 Å². The van der Waals surface area contributed by atoms with Gasteiger partial charge in [0.15, 0.2) is 0 Å². The fraction of sp³-hybridized carbons (Fsp3) is 0.154. The first kappa shape index (κ1) is 12.6. The maximum Gasteiger partial charge on any atom is 0.350 e. The van der Waals surface area contributed by atoms with Gasteiger partial charge < -0.3 is 10.5 Å². The van der Waals surface area contributed by atoms with Crippen LogP contribution in [-0.4, -0.2) is 13.1 Å². The Kier molecular flexibility index (Phi) is 3.34.